The van der Waals surface area contributed by atoms with Gasteiger partial charge < -0.3 is 9.84 Å². The number of methoxy groups -OCH3 is 1. The van der Waals surface area contributed by atoms with Crippen molar-refractivity contribution in [3.63, 3.8) is 0 Å². The van der Waals surface area contributed by atoms with E-state index in [4.69, 9.17) is 4.74 Å². The number of nitrogens with zero attached hydrogens (tertiary/aromatic N) is 2. The quantitative estimate of drug-likeness (QED) is 0.861. The van der Waals surface area contributed by atoms with Gasteiger partial charge in [0.1, 0.15) is 11.3 Å². The van der Waals surface area contributed by atoms with Gasteiger partial charge in [0.25, 0.3) is 0 Å². The van der Waals surface area contributed by atoms with Gasteiger partial charge in [-0.3, -0.25) is 4.68 Å². The number of aryl methyl sites for hydroxylation is 1. The van der Waals surface area contributed by atoms with E-state index >= 15 is 0 Å². The molecule has 1 N–H and O–H groups in total. The first-order chi connectivity index (χ1) is 10.1. The van der Waals surface area contributed by atoms with Gasteiger partial charge in [-0.2, -0.15) is 5.10 Å². The third kappa shape index (κ3) is 2.99. The van der Waals surface area contributed by atoms with E-state index in [9.17, 15) is 5.11 Å². The summed E-state index contributed by atoms with van der Waals surface area (Å²) in [6, 6.07) is 7.73. The van der Waals surface area contributed by atoms with Crippen LogP contribution in [-0.4, -0.2) is 22.0 Å². The van der Waals surface area contributed by atoms with Crippen LogP contribution in [-0.2, 0) is 12.1 Å². The number of aromatic nitrogens is 2. The molecular formula is C16H21BrN2O2. The molecule has 0 spiro atoms. The van der Waals surface area contributed by atoms with Gasteiger partial charge in [-0.1, -0.05) is 41.9 Å². The van der Waals surface area contributed by atoms with Crippen molar-refractivity contribution < 1.29 is 9.84 Å². The molecule has 1 aromatic heterocycles. The third-order valence-electron chi connectivity index (χ3n) is 3.67. The lowest BCUT2D eigenvalue weighted by molar-refractivity contribution is 0.0635. The molecule has 0 saturated heterocycles. The molecule has 21 heavy (non-hydrogen) atoms. The van der Waals surface area contributed by atoms with E-state index < -0.39 is 5.60 Å². The van der Waals surface area contributed by atoms with E-state index in [1.54, 1.807) is 13.3 Å². The highest BCUT2D eigenvalue weighted by molar-refractivity contribution is 9.10. The lowest BCUT2D eigenvalue weighted by Crippen LogP contribution is -2.30. The Balaban J connectivity index is 2.61. The highest BCUT2D eigenvalue weighted by Gasteiger charge is 2.36. The van der Waals surface area contributed by atoms with Crippen LogP contribution >= 0.6 is 15.9 Å². The average molecular weight is 353 g/mol. The molecule has 0 bridgehead atoms. The first-order valence-corrected chi connectivity index (χ1v) is 7.94. The number of aliphatic hydroxyl groups is 1. The predicted molar refractivity (Wildman–Crippen MR) is 86.5 cm³/mol. The molecule has 4 nitrogen and oxygen atoms in total. The molecule has 114 valence electrons. The van der Waals surface area contributed by atoms with Gasteiger partial charge in [-0.05, 0) is 30.5 Å². The molecule has 0 aliphatic heterocycles. The Morgan fingerprint density at radius 1 is 1.38 bits per heavy atom. The van der Waals surface area contributed by atoms with Crippen molar-refractivity contribution >= 4 is 15.9 Å². The topological polar surface area (TPSA) is 47.3 Å². The van der Waals surface area contributed by atoms with Crippen LogP contribution in [0.4, 0.5) is 0 Å². The molecule has 1 unspecified atom stereocenters. The van der Waals surface area contributed by atoms with Crippen molar-refractivity contribution in [1.82, 2.24) is 9.78 Å². The zero-order valence-electron chi connectivity index (χ0n) is 12.6. The Bertz CT molecular complexity index is 612. The van der Waals surface area contributed by atoms with Crippen LogP contribution in [0.1, 0.15) is 37.9 Å². The standard InChI is InChI=1S/C16H21BrN2O2/c1-4-9-19-15(14(21-3)11-18-19)16(20,5-2)12-7-6-8-13(17)10-12/h6-8,10-11,20H,4-5,9H2,1-3H3. The van der Waals surface area contributed by atoms with Crippen LogP contribution in [0, 0.1) is 0 Å². The van der Waals surface area contributed by atoms with Crippen molar-refractivity contribution in [2.75, 3.05) is 7.11 Å². The number of ether oxygens (including phenoxy) is 1. The molecule has 0 fully saturated rings. The maximum absolute atomic E-state index is 11.3. The van der Waals surface area contributed by atoms with E-state index in [1.807, 2.05) is 35.9 Å². The molecule has 0 radical (unpaired) electrons. The fourth-order valence-corrected chi connectivity index (χ4v) is 2.97. The highest BCUT2D eigenvalue weighted by Crippen LogP contribution is 2.39. The summed E-state index contributed by atoms with van der Waals surface area (Å²) >= 11 is 3.47. The second-order valence-electron chi connectivity index (χ2n) is 5.01. The predicted octanol–water partition coefficient (Wildman–Crippen LogP) is 3.71. The summed E-state index contributed by atoms with van der Waals surface area (Å²) in [6.07, 6.45) is 3.15. The minimum atomic E-state index is -1.12. The van der Waals surface area contributed by atoms with E-state index in [1.165, 1.54) is 0 Å². The summed E-state index contributed by atoms with van der Waals surface area (Å²) in [6.45, 7) is 4.79. The van der Waals surface area contributed by atoms with Gasteiger partial charge in [0.05, 0.1) is 13.3 Å². The lowest BCUT2D eigenvalue weighted by Gasteiger charge is -2.29. The number of benzene rings is 1. The SMILES string of the molecule is CCCn1ncc(OC)c1C(O)(CC)c1cccc(Br)c1. The minimum Gasteiger partial charge on any atom is -0.493 e. The first kappa shape index (κ1) is 16.0. The second-order valence-corrected chi connectivity index (χ2v) is 5.92. The number of rotatable bonds is 6. The monoisotopic (exact) mass is 352 g/mol. The van der Waals surface area contributed by atoms with Crippen molar-refractivity contribution in [1.29, 1.82) is 0 Å². The Labute approximate surface area is 133 Å². The van der Waals surface area contributed by atoms with Crippen LogP contribution in [0.2, 0.25) is 0 Å². The zero-order chi connectivity index (χ0) is 15.5. The van der Waals surface area contributed by atoms with Gasteiger partial charge in [-0.25, -0.2) is 0 Å². The largest absolute Gasteiger partial charge is 0.493 e. The lowest BCUT2D eigenvalue weighted by atomic mass is 9.87. The Morgan fingerprint density at radius 3 is 2.71 bits per heavy atom. The molecule has 0 aliphatic rings. The van der Waals surface area contributed by atoms with E-state index in [0.29, 0.717) is 17.9 Å². The molecule has 5 heteroatoms. The van der Waals surface area contributed by atoms with Crippen LogP contribution in [0.5, 0.6) is 5.75 Å². The fraction of sp³-hybridized carbons (Fsp3) is 0.438. The average Bonchev–Trinajstić information content (AvgIpc) is 2.90. The molecule has 1 heterocycles. The van der Waals surface area contributed by atoms with Crippen LogP contribution in [0.3, 0.4) is 0 Å². The number of hydrogen-bond donors (Lipinski definition) is 1. The second kappa shape index (κ2) is 6.62. The summed E-state index contributed by atoms with van der Waals surface area (Å²) in [5, 5.41) is 15.7. The maximum atomic E-state index is 11.3. The Morgan fingerprint density at radius 2 is 2.14 bits per heavy atom. The molecule has 2 aromatic rings. The molecule has 1 aromatic carbocycles. The van der Waals surface area contributed by atoms with Gasteiger partial charge in [0.15, 0.2) is 5.75 Å². The van der Waals surface area contributed by atoms with Crippen molar-refractivity contribution in [3.8, 4) is 5.75 Å². The summed E-state index contributed by atoms with van der Waals surface area (Å²) < 4.78 is 8.19. The Hall–Kier alpha value is -1.33. The molecule has 1 atom stereocenters. The molecule has 2 rings (SSSR count). The summed E-state index contributed by atoms with van der Waals surface area (Å²) in [4.78, 5) is 0. The third-order valence-corrected chi connectivity index (χ3v) is 4.16. The zero-order valence-corrected chi connectivity index (χ0v) is 14.2. The van der Waals surface area contributed by atoms with E-state index in [0.717, 1.165) is 23.0 Å². The van der Waals surface area contributed by atoms with E-state index in [2.05, 4.69) is 28.0 Å². The van der Waals surface area contributed by atoms with Gasteiger partial charge in [-0.15, -0.1) is 0 Å². The van der Waals surface area contributed by atoms with Gasteiger partial charge >= 0.3 is 0 Å². The molecule has 0 saturated carbocycles. The fourth-order valence-electron chi connectivity index (χ4n) is 2.57. The number of hydrogen-bond acceptors (Lipinski definition) is 3. The van der Waals surface area contributed by atoms with E-state index in [-0.39, 0.29) is 0 Å². The Kier molecular flexibility index (Phi) is 5.06. The highest BCUT2D eigenvalue weighted by atomic mass is 79.9. The van der Waals surface area contributed by atoms with Gasteiger partial charge in [0, 0.05) is 11.0 Å². The smallest absolute Gasteiger partial charge is 0.163 e. The molecule has 0 aliphatic carbocycles. The number of halogens is 1. The molecule has 0 amide bonds. The van der Waals surface area contributed by atoms with Crippen molar-refractivity contribution in [2.45, 2.75) is 38.8 Å². The van der Waals surface area contributed by atoms with Crippen LogP contribution in [0.25, 0.3) is 0 Å². The molecular weight excluding hydrogens is 332 g/mol. The van der Waals surface area contributed by atoms with Crippen LogP contribution < -0.4 is 4.74 Å². The summed E-state index contributed by atoms with van der Waals surface area (Å²) in [5.74, 6) is 0.618. The minimum absolute atomic E-state index is 0.537. The maximum Gasteiger partial charge on any atom is 0.163 e. The van der Waals surface area contributed by atoms with Crippen molar-refractivity contribution in [2.24, 2.45) is 0 Å². The van der Waals surface area contributed by atoms with Crippen LogP contribution in [0.15, 0.2) is 34.9 Å². The summed E-state index contributed by atoms with van der Waals surface area (Å²) in [7, 11) is 1.60. The normalized spacial score (nSPS) is 14.0. The van der Waals surface area contributed by atoms with Gasteiger partial charge in [0.2, 0.25) is 0 Å². The summed E-state index contributed by atoms with van der Waals surface area (Å²) in [5.41, 5.74) is 0.420. The first-order valence-electron chi connectivity index (χ1n) is 7.15. The van der Waals surface area contributed by atoms with Crippen molar-refractivity contribution in [3.05, 3.63) is 46.2 Å².